The van der Waals surface area contributed by atoms with Crippen LogP contribution in [0.1, 0.15) is 96.5 Å². The number of rotatable bonds is 23. The minimum absolute atomic E-state index is 0.00827. The molecule has 2 unspecified atom stereocenters. The zero-order valence-electron chi connectivity index (χ0n) is 24.3. The molecule has 0 saturated heterocycles. The van der Waals surface area contributed by atoms with E-state index in [1.165, 1.54) is 71.1 Å². The Kier molecular flexibility index (Phi) is 17.3. The van der Waals surface area contributed by atoms with E-state index in [0.29, 0.717) is 30.5 Å². The molecule has 0 N–H and O–H groups in total. The number of carbonyl (C=O) groups is 1. The van der Waals surface area contributed by atoms with Crippen LogP contribution in [-0.2, 0) is 20.3 Å². The summed E-state index contributed by atoms with van der Waals surface area (Å²) in [6, 6.07) is 7.90. The maximum atomic E-state index is 12.4. The molecular weight excluding hydrogens is 485 g/mol. The van der Waals surface area contributed by atoms with E-state index in [1.54, 1.807) is 0 Å². The summed E-state index contributed by atoms with van der Waals surface area (Å²) in [7, 11) is 1.91. The number of unbranched alkanes of at least 4 members (excludes halogenated alkanes) is 10. The number of hydrogen-bond acceptors (Lipinski definition) is 5. The van der Waals surface area contributed by atoms with Crippen LogP contribution >= 0.6 is 7.60 Å². The van der Waals surface area contributed by atoms with Gasteiger partial charge in [0.1, 0.15) is 19.1 Å². The number of ether oxygens (including phenoxy) is 1. The van der Waals surface area contributed by atoms with Crippen LogP contribution in [0.3, 0.4) is 0 Å². The van der Waals surface area contributed by atoms with E-state index >= 15 is 0 Å². The Balaban J connectivity index is 2.38. The van der Waals surface area contributed by atoms with Crippen molar-refractivity contribution in [1.29, 1.82) is 0 Å². The topological polar surface area (TPSA) is 75.7 Å². The number of carbonyl (C=O) groups excluding carboxylic acids is 1. The van der Waals surface area contributed by atoms with Crippen LogP contribution in [0.25, 0.3) is 0 Å². The molecule has 0 heterocycles. The zero-order chi connectivity index (χ0) is 27.6. The average Bonchev–Trinajstić information content (AvgIpc) is 2.82. The number of benzene rings is 1. The van der Waals surface area contributed by atoms with Crippen LogP contribution in [0.5, 0.6) is 5.75 Å². The summed E-state index contributed by atoms with van der Waals surface area (Å²) >= 11 is 0. The Morgan fingerprint density at radius 3 is 2.14 bits per heavy atom. The molecule has 37 heavy (non-hydrogen) atoms. The third-order valence-corrected chi connectivity index (χ3v) is 7.86. The molecule has 7 heteroatoms. The lowest BCUT2D eigenvalue weighted by Crippen LogP contribution is -2.38. The predicted octanol–water partition coefficient (Wildman–Crippen LogP) is 6.79. The third-order valence-electron chi connectivity index (χ3n) is 6.57. The fourth-order valence-electron chi connectivity index (χ4n) is 4.35. The quantitative estimate of drug-likeness (QED) is 0.0869. The smallest absolute Gasteiger partial charge is 0.140 e. The molecule has 0 fully saturated rings. The first-order chi connectivity index (χ1) is 17.5. The molecule has 2 atom stereocenters. The standard InChI is InChI=1S/C30H54NO5P/c1-6-7-8-9-10-11-12-13-14-15-16-21-35-30-19-17-18-28(25-30)24-29(23-27(2)32)26-36-37(33,34)22-20-31(3,4)5/h17-19,25,29H,6-16,20-24,26H2,1-5H3. The second-order valence-electron chi connectivity index (χ2n) is 11.7. The fourth-order valence-corrected chi connectivity index (χ4v) is 5.77. The summed E-state index contributed by atoms with van der Waals surface area (Å²) in [5, 5.41) is 0. The number of Topliss-reactive ketones (excluding diaryl/α,β-unsaturated/α-hetero) is 1. The van der Waals surface area contributed by atoms with Gasteiger partial charge in [-0.1, -0.05) is 83.3 Å². The Morgan fingerprint density at radius 1 is 0.973 bits per heavy atom. The number of ketones is 1. The van der Waals surface area contributed by atoms with Crippen LogP contribution in [0.4, 0.5) is 0 Å². The van der Waals surface area contributed by atoms with E-state index in [9.17, 15) is 14.3 Å². The van der Waals surface area contributed by atoms with Crippen LogP contribution in [0.15, 0.2) is 24.3 Å². The summed E-state index contributed by atoms with van der Waals surface area (Å²) in [5.41, 5.74) is 1.03. The second kappa shape index (κ2) is 19.0. The van der Waals surface area contributed by atoms with Gasteiger partial charge in [-0.05, 0) is 43.4 Å². The zero-order valence-corrected chi connectivity index (χ0v) is 25.2. The normalized spacial score (nSPS) is 14.3. The van der Waals surface area contributed by atoms with Crippen molar-refractivity contribution in [3.05, 3.63) is 29.8 Å². The number of nitrogens with zero attached hydrogens (tertiary/aromatic N) is 1. The molecule has 0 spiro atoms. The fraction of sp³-hybridized carbons (Fsp3) is 0.767. The Labute approximate surface area is 227 Å². The van der Waals surface area contributed by atoms with Gasteiger partial charge in [0.05, 0.1) is 47.1 Å². The summed E-state index contributed by atoms with van der Waals surface area (Å²) in [4.78, 5) is 24.2. The van der Waals surface area contributed by atoms with Crippen molar-refractivity contribution < 1.29 is 28.0 Å². The highest BCUT2D eigenvalue weighted by molar-refractivity contribution is 7.51. The first-order valence-corrected chi connectivity index (χ1v) is 16.2. The van der Waals surface area contributed by atoms with Crippen molar-refractivity contribution in [2.24, 2.45) is 5.92 Å². The predicted molar refractivity (Wildman–Crippen MR) is 152 cm³/mol. The highest BCUT2D eigenvalue weighted by Crippen LogP contribution is 2.38. The van der Waals surface area contributed by atoms with E-state index in [0.717, 1.165) is 17.7 Å². The van der Waals surface area contributed by atoms with Crippen LogP contribution in [-0.4, -0.2) is 57.3 Å². The molecule has 0 aliphatic carbocycles. The highest BCUT2D eigenvalue weighted by atomic mass is 31.2. The van der Waals surface area contributed by atoms with Crippen molar-refractivity contribution in [3.8, 4) is 5.75 Å². The van der Waals surface area contributed by atoms with Crippen LogP contribution in [0, 0.1) is 5.92 Å². The Bertz CT molecular complexity index is 792. The molecule has 214 valence electrons. The van der Waals surface area contributed by atoms with Gasteiger partial charge in [-0.15, -0.1) is 0 Å². The largest absolute Gasteiger partial charge is 0.778 e. The minimum Gasteiger partial charge on any atom is -0.778 e. The molecule has 1 rings (SSSR count). The van der Waals surface area contributed by atoms with Gasteiger partial charge in [-0.3, -0.25) is 0 Å². The van der Waals surface area contributed by atoms with Crippen molar-refractivity contribution in [3.63, 3.8) is 0 Å². The van der Waals surface area contributed by atoms with E-state index in [1.807, 2.05) is 45.4 Å². The molecule has 0 saturated carbocycles. The lowest BCUT2D eigenvalue weighted by Gasteiger charge is -2.30. The monoisotopic (exact) mass is 539 g/mol. The Hall–Kier alpha value is -1.20. The number of hydrogen-bond donors (Lipinski definition) is 0. The van der Waals surface area contributed by atoms with Gasteiger partial charge in [-0.2, -0.15) is 0 Å². The Morgan fingerprint density at radius 2 is 1.57 bits per heavy atom. The molecule has 0 aromatic heterocycles. The summed E-state index contributed by atoms with van der Waals surface area (Å²) in [6.07, 6.45) is 15.2. The van der Waals surface area contributed by atoms with E-state index in [-0.39, 0.29) is 24.5 Å². The maximum absolute atomic E-state index is 12.4. The van der Waals surface area contributed by atoms with Gasteiger partial charge < -0.3 is 28.0 Å². The lowest BCUT2D eigenvalue weighted by atomic mass is 9.95. The van der Waals surface area contributed by atoms with Crippen molar-refractivity contribution >= 4 is 13.4 Å². The van der Waals surface area contributed by atoms with Gasteiger partial charge >= 0.3 is 0 Å². The van der Waals surface area contributed by atoms with Crippen molar-refractivity contribution in [2.45, 2.75) is 97.3 Å². The number of quaternary nitrogens is 1. The van der Waals surface area contributed by atoms with Gasteiger partial charge in [0, 0.05) is 6.42 Å². The minimum atomic E-state index is -3.94. The van der Waals surface area contributed by atoms with Crippen molar-refractivity contribution in [1.82, 2.24) is 0 Å². The molecule has 0 bridgehead atoms. The molecule has 1 aromatic carbocycles. The van der Waals surface area contributed by atoms with Crippen LogP contribution < -0.4 is 9.63 Å². The summed E-state index contributed by atoms with van der Waals surface area (Å²) < 4.78 is 24.2. The molecule has 0 aliphatic heterocycles. The third kappa shape index (κ3) is 19.5. The van der Waals surface area contributed by atoms with Crippen molar-refractivity contribution in [2.75, 3.05) is 47.1 Å². The second-order valence-corrected chi connectivity index (χ2v) is 13.6. The first-order valence-electron chi connectivity index (χ1n) is 14.5. The first kappa shape index (κ1) is 33.8. The molecule has 0 amide bonds. The molecular formula is C30H54NO5P. The van der Waals surface area contributed by atoms with Gasteiger partial charge in [0.2, 0.25) is 0 Å². The average molecular weight is 540 g/mol. The van der Waals surface area contributed by atoms with E-state index in [2.05, 4.69) is 6.92 Å². The SMILES string of the molecule is CCCCCCCCCCCCCOc1cccc(CC(COP(=O)([O-])CC[N+](C)(C)C)CC(C)=O)c1. The summed E-state index contributed by atoms with van der Waals surface area (Å²) in [5.74, 6) is 0.667. The van der Waals surface area contributed by atoms with Crippen LogP contribution in [0.2, 0.25) is 0 Å². The molecule has 0 aliphatic rings. The summed E-state index contributed by atoms with van der Waals surface area (Å²) in [6.45, 7) is 5.01. The van der Waals surface area contributed by atoms with E-state index in [4.69, 9.17) is 9.26 Å². The molecule has 0 radical (unpaired) electrons. The molecule has 1 aromatic rings. The van der Waals surface area contributed by atoms with Gasteiger partial charge in [-0.25, -0.2) is 0 Å². The lowest BCUT2D eigenvalue weighted by molar-refractivity contribution is -0.868. The molecule has 6 nitrogen and oxygen atoms in total. The highest BCUT2D eigenvalue weighted by Gasteiger charge is 2.19. The van der Waals surface area contributed by atoms with Gasteiger partial charge in [0.25, 0.3) is 0 Å². The van der Waals surface area contributed by atoms with Gasteiger partial charge in [0.15, 0.2) is 0 Å². The maximum Gasteiger partial charge on any atom is 0.140 e. The van der Waals surface area contributed by atoms with E-state index < -0.39 is 7.60 Å².